The zero-order chi connectivity index (χ0) is 14.4. The zero-order valence-electron chi connectivity index (χ0n) is 13.0. The van der Waals surface area contributed by atoms with Crippen molar-refractivity contribution < 1.29 is 0 Å². The Labute approximate surface area is 117 Å². The lowest BCUT2D eigenvalue weighted by Gasteiger charge is -2.17. The monoisotopic (exact) mass is 264 g/mol. The molecule has 19 heavy (non-hydrogen) atoms. The minimum absolute atomic E-state index is 0.174. The summed E-state index contributed by atoms with van der Waals surface area (Å²) in [5, 5.41) is 3.32. The Morgan fingerprint density at radius 2 is 1.89 bits per heavy atom. The normalized spacial score (nSPS) is 11.5. The molecule has 0 aromatic carbocycles. The Balaban J connectivity index is 3.06. The van der Waals surface area contributed by atoms with Crippen molar-refractivity contribution in [2.24, 2.45) is 0 Å². The standard InChI is InChI=1S/C16H28N2O/c1-6-7-10-18-15(12(2)3)9-8-14(16(18)19)11-17-13(4)5/h8-9,12-13,17H,6-7,10-11H2,1-5H3. The fourth-order valence-corrected chi connectivity index (χ4v) is 2.14. The first kappa shape index (κ1) is 16.0. The molecule has 0 aliphatic rings. The Hall–Kier alpha value is -1.09. The second kappa shape index (κ2) is 7.49. The Morgan fingerprint density at radius 1 is 1.21 bits per heavy atom. The van der Waals surface area contributed by atoms with Gasteiger partial charge in [0.05, 0.1) is 0 Å². The lowest BCUT2D eigenvalue weighted by Crippen LogP contribution is -2.31. The molecule has 1 rings (SSSR count). The maximum absolute atomic E-state index is 12.5. The predicted octanol–water partition coefficient (Wildman–Crippen LogP) is 3.27. The van der Waals surface area contributed by atoms with Gasteiger partial charge in [-0.15, -0.1) is 0 Å². The molecule has 0 saturated heterocycles. The van der Waals surface area contributed by atoms with Crippen LogP contribution in [0.25, 0.3) is 0 Å². The number of nitrogens with zero attached hydrogens (tertiary/aromatic N) is 1. The van der Waals surface area contributed by atoms with Crippen molar-refractivity contribution in [1.29, 1.82) is 0 Å². The highest BCUT2D eigenvalue weighted by atomic mass is 16.1. The lowest BCUT2D eigenvalue weighted by atomic mass is 10.1. The number of unbranched alkanes of at least 4 members (excludes halogenated alkanes) is 1. The first-order valence-electron chi connectivity index (χ1n) is 7.43. The number of pyridine rings is 1. The number of hydrogen-bond acceptors (Lipinski definition) is 2. The summed E-state index contributed by atoms with van der Waals surface area (Å²) >= 11 is 0. The molecule has 0 unspecified atom stereocenters. The average molecular weight is 264 g/mol. The molecule has 0 bridgehead atoms. The van der Waals surface area contributed by atoms with Crippen LogP contribution < -0.4 is 10.9 Å². The third-order valence-electron chi connectivity index (χ3n) is 3.31. The van der Waals surface area contributed by atoms with E-state index >= 15 is 0 Å². The van der Waals surface area contributed by atoms with Crippen LogP contribution >= 0.6 is 0 Å². The van der Waals surface area contributed by atoms with Crippen LogP contribution in [0.4, 0.5) is 0 Å². The van der Waals surface area contributed by atoms with Gasteiger partial charge in [0.2, 0.25) is 0 Å². The van der Waals surface area contributed by atoms with Crippen LogP contribution in [-0.4, -0.2) is 10.6 Å². The zero-order valence-corrected chi connectivity index (χ0v) is 13.0. The molecule has 0 spiro atoms. The molecule has 108 valence electrons. The fourth-order valence-electron chi connectivity index (χ4n) is 2.14. The minimum atomic E-state index is 0.174. The maximum Gasteiger partial charge on any atom is 0.255 e. The quantitative estimate of drug-likeness (QED) is 0.820. The van der Waals surface area contributed by atoms with Gasteiger partial charge in [-0.3, -0.25) is 4.79 Å². The van der Waals surface area contributed by atoms with Gasteiger partial charge in [-0.1, -0.05) is 47.1 Å². The Kier molecular flexibility index (Phi) is 6.29. The van der Waals surface area contributed by atoms with Gasteiger partial charge in [0.25, 0.3) is 5.56 Å². The van der Waals surface area contributed by atoms with E-state index in [2.05, 4.69) is 46.0 Å². The molecule has 1 heterocycles. The van der Waals surface area contributed by atoms with Crippen molar-refractivity contribution in [1.82, 2.24) is 9.88 Å². The van der Waals surface area contributed by atoms with E-state index in [-0.39, 0.29) is 5.56 Å². The topological polar surface area (TPSA) is 34.0 Å². The second-order valence-electron chi connectivity index (χ2n) is 5.78. The van der Waals surface area contributed by atoms with E-state index in [1.807, 2.05) is 10.6 Å². The summed E-state index contributed by atoms with van der Waals surface area (Å²) in [5.74, 6) is 0.386. The van der Waals surface area contributed by atoms with Gasteiger partial charge in [0, 0.05) is 30.4 Å². The van der Waals surface area contributed by atoms with Crippen LogP contribution in [-0.2, 0) is 13.1 Å². The predicted molar refractivity (Wildman–Crippen MR) is 81.7 cm³/mol. The number of nitrogens with one attached hydrogen (secondary N) is 1. The minimum Gasteiger partial charge on any atom is -0.312 e. The van der Waals surface area contributed by atoms with Gasteiger partial charge in [0.15, 0.2) is 0 Å². The van der Waals surface area contributed by atoms with E-state index in [0.29, 0.717) is 18.5 Å². The van der Waals surface area contributed by atoms with Gasteiger partial charge < -0.3 is 9.88 Å². The molecule has 3 nitrogen and oxygen atoms in total. The molecule has 1 N–H and O–H groups in total. The van der Waals surface area contributed by atoms with Gasteiger partial charge in [-0.25, -0.2) is 0 Å². The van der Waals surface area contributed by atoms with Crippen molar-refractivity contribution in [2.45, 2.75) is 72.5 Å². The molecule has 0 saturated carbocycles. The van der Waals surface area contributed by atoms with E-state index in [4.69, 9.17) is 0 Å². The molecular formula is C16H28N2O. The van der Waals surface area contributed by atoms with Crippen LogP contribution in [0.15, 0.2) is 16.9 Å². The van der Waals surface area contributed by atoms with E-state index in [0.717, 1.165) is 30.6 Å². The van der Waals surface area contributed by atoms with Crippen molar-refractivity contribution in [3.8, 4) is 0 Å². The Bertz CT molecular complexity index is 447. The molecule has 0 fully saturated rings. The van der Waals surface area contributed by atoms with E-state index in [1.54, 1.807) is 0 Å². The number of aromatic nitrogens is 1. The van der Waals surface area contributed by atoms with Crippen molar-refractivity contribution in [3.05, 3.63) is 33.7 Å². The molecule has 0 amide bonds. The smallest absolute Gasteiger partial charge is 0.255 e. The summed E-state index contributed by atoms with van der Waals surface area (Å²) in [7, 11) is 0. The first-order valence-corrected chi connectivity index (χ1v) is 7.43. The third-order valence-corrected chi connectivity index (χ3v) is 3.31. The van der Waals surface area contributed by atoms with Gasteiger partial charge in [-0.05, 0) is 18.4 Å². The largest absolute Gasteiger partial charge is 0.312 e. The summed E-state index contributed by atoms with van der Waals surface area (Å²) in [6.45, 7) is 12.1. The number of hydrogen-bond donors (Lipinski definition) is 1. The van der Waals surface area contributed by atoms with Crippen molar-refractivity contribution in [3.63, 3.8) is 0 Å². The summed E-state index contributed by atoms with van der Waals surface area (Å²) in [6, 6.07) is 4.49. The molecule has 0 radical (unpaired) electrons. The summed E-state index contributed by atoms with van der Waals surface area (Å²) in [4.78, 5) is 12.5. The van der Waals surface area contributed by atoms with Crippen LogP contribution in [0, 0.1) is 0 Å². The molecule has 0 atom stereocenters. The highest BCUT2D eigenvalue weighted by molar-refractivity contribution is 5.18. The van der Waals surface area contributed by atoms with E-state index in [9.17, 15) is 4.79 Å². The molecular weight excluding hydrogens is 236 g/mol. The van der Waals surface area contributed by atoms with E-state index in [1.165, 1.54) is 0 Å². The highest BCUT2D eigenvalue weighted by Crippen LogP contribution is 2.14. The van der Waals surface area contributed by atoms with E-state index < -0.39 is 0 Å². The average Bonchev–Trinajstić information content (AvgIpc) is 2.35. The van der Waals surface area contributed by atoms with Gasteiger partial charge in [0.1, 0.15) is 0 Å². The summed E-state index contributed by atoms with van der Waals surface area (Å²) in [5.41, 5.74) is 2.19. The Morgan fingerprint density at radius 3 is 2.42 bits per heavy atom. The third kappa shape index (κ3) is 4.50. The molecule has 1 aromatic rings. The lowest BCUT2D eigenvalue weighted by molar-refractivity contribution is 0.548. The van der Waals surface area contributed by atoms with Crippen LogP contribution in [0.1, 0.15) is 64.6 Å². The van der Waals surface area contributed by atoms with Crippen LogP contribution in [0.3, 0.4) is 0 Å². The first-order chi connectivity index (χ1) is 8.97. The SMILES string of the molecule is CCCCn1c(C(C)C)ccc(CNC(C)C)c1=O. The molecule has 3 heteroatoms. The highest BCUT2D eigenvalue weighted by Gasteiger charge is 2.11. The van der Waals surface area contributed by atoms with Crippen molar-refractivity contribution >= 4 is 0 Å². The van der Waals surface area contributed by atoms with Crippen LogP contribution in [0.2, 0.25) is 0 Å². The molecule has 0 aliphatic carbocycles. The second-order valence-corrected chi connectivity index (χ2v) is 5.78. The van der Waals surface area contributed by atoms with Crippen LogP contribution in [0.5, 0.6) is 0 Å². The van der Waals surface area contributed by atoms with Crippen molar-refractivity contribution in [2.75, 3.05) is 0 Å². The van der Waals surface area contributed by atoms with Gasteiger partial charge in [-0.2, -0.15) is 0 Å². The maximum atomic E-state index is 12.5. The number of rotatable bonds is 7. The summed E-state index contributed by atoms with van der Waals surface area (Å²) in [6.07, 6.45) is 2.17. The molecule has 1 aromatic heterocycles. The molecule has 0 aliphatic heterocycles. The summed E-state index contributed by atoms with van der Waals surface area (Å²) < 4.78 is 1.96. The fraction of sp³-hybridized carbons (Fsp3) is 0.688. The van der Waals surface area contributed by atoms with Gasteiger partial charge >= 0.3 is 0 Å².